The Balaban J connectivity index is 1.61. The SMILES string of the molecule is C=CCn1c(SCC(=O)NC(=O)NC2CCCC2)nnc1-c1ccc(OC)cc1. The molecule has 154 valence electrons. The molecule has 9 heteroatoms. The average Bonchev–Trinajstić information content (AvgIpc) is 3.37. The maximum Gasteiger partial charge on any atom is 0.321 e. The molecule has 1 saturated carbocycles. The van der Waals surface area contributed by atoms with Crippen molar-refractivity contribution in [3.63, 3.8) is 0 Å². The van der Waals surface area contributed by atoms with E-state index in [0.29, 0.717) is 17.5 Å². The van der Waals surface area contributed by atoms with E-state index >= 15 is 0 Å². The Morgan fingerprint density at radius 2 is 2.00 bits per heavy atom. The summed E-state index contributed by atoms with van der Waals surface area (Å²) in [5.41, 5.74) is 0.882. The molecule has 1 fully saturated rings. The van der Waals surface area contributed by atoms with Crippen LogP contribution in [0.3, 0.4) is 0 Å². The molecular formula is C20H25N5O3S. The van der Waals surface area contributed by atoms with Crippen LogP contribution in [0, 0.1) is 0 Å². The number of benzene rings is 1. The fourth-order valence-corrected chi connectivity index (χ4v) is 3.98. The number of rotatable bonds is 8. The number of methoxy groups -OCH3 is 1. The van der Waals surface area contributed by atoms with E-state index in [9.17, 15) is 9.59 Å². The molecule has 3 amide bonds. The Kier molecular flexibility index (Phi) is 7.29. The second-order valence-electron chi connectivity index (χ2n) is 6.73. The minimum absolute atomic E-state index is 0.0655. The molecule has 2 aromatic rings. The molecule has 0 unspecified atom stereocenters. The van der Waals surface area contributed by atoms with Gasteiger partial charge in [0, 0.05) is 18.2 Å². The fraction of sp³-hybridized carbons (Fsp3) is 0.400. The van der Waals surface area contributed by atoms with E-state index in [4.69, 9.17) is 4.74 Å². The van der Waals surface area contributed by atoms with Gasteiger partial charge in [0.1, 0.15) is 5.75 Å². The van der Waals surface area contributed by atoms with E-state index < -0.39 is 6.03 Å². The highest BCUT2D eigenvalue weighted by Crippen LogP contribution is 2.25. The number of amides is 3. The van der Waals surface area contributed by atoms with Gasteiger partial charge < -0.3 is 10.1 Å². The Labute approximate surface area is 174 Å². The van der Waals surface area contributed by atoms with Crippen LogP contribution < -0.4 is 15.4 Å². The summed E-state index contributed by atoms with van der Waals surface area (Å²) in [6.07, 6.45) is 5.91. The minimum Gasteiger partial charge on any atom is -0.497 e. The molecule has 3 rings (SSSR count). The molecule has 0 atom stereocenters. The average molecular weight is 416 g/mol. The van der Waals surface area contributed by atoms with Crippen LogP contribution in [0.4, 0.5) is 4.79 Å². The van der Waals surface area contributed by atoms with Gasteiger partial charge in [-0.2, -0.15) is 0 Å². The molecule has 0 radical (unpaired) electrons. The number of allylic oxidation sites excluding steroid dienone is 1. The standard InChI is InChI=1S/C20H25N5O3S/c1-3-12-25-18(14-8-10-16(28-2)11-9-14)23-24-20(25)29-13-17(26)22-19(27)21-15-6-4-5-7-15/h3,8-11,15H,1,4-7,12-13H2,2H3,(H2,21,22,26,27). The molecule has 1 heterocycles. The number of imide groups is 1. The maximum absolute atomic E-state index is 12.1. The van der Waals surface area contributed by atoms with Crippen molar-refractivity contribution in [3.8, 4) is 17.1 Å². The van der Waals surface area contributed by atoms with Crippen LogP contribution in [0.25, 0.3) is 11.4 Å². The third-order valence-corrected chi connectivity index (χ3v) is 5.62. The van der Waals surface area contributed by atoms with Gasteiger partial charge in [0.15, 0.2) is 11.0 Å². The summed E-state index contributed by atoms with van der Waals surface area (Å²) in [6.45, 7) is 4.28. The number of hydrogen-bond donors (Lipinski definition) is 2. The zero-order valence-electron chi connectivity index (χ0n) is 16.4. The number of hydrogen-bond acceptors (Lipinski definition) is 6. The first-order chi connectivity index (χ1) is 14.1. The second kappa shape index (κ2) is 10.1. The van der Waals surface area contributed by atoms with Crippen molar-refractivity contribution in [2.75, 3.05) is 12.9 Å². The van der Waals surface area contributed by atoms with Crippen molar-refractivity contribution in [2.45, 2.75) is 43.4 Å². The summed E-state index contributed by atoms with van der Waals surface area (Å²) in [7, 11) is 1.61. The Morgan fingerprint density at radius 1 is 1.28 bits per heavy atom. The van der Waals surface area contributed by atoms with Crippen molar-refractivity contribution < 1.29 is 14.3 Å². The van der Waals surface area contributed by atoms with Crippen molar-refractivity contribution in [1.29, 1.82) is 0 Å². The molecule has 1 aromatic heterocycles. The first-order valence-electron chi connectivity index (χ1n) is 9.52. The quantitative estimate of drug-likeness (QED) is 0.508. The van der Waals surface area contributed by atoms with Crippen LogP contribution in [0.2, 0.25) is 0 Å². The lowest BCUT2D eigenvalue weighted by atomic mass is 10.2. The summed E-state index contributed by atoms with van der Waals surface area (Å²) >= 11 is 1.23. The van der Waals surface area contributed by atoms with Crippen molar-refractivity contribution in [3.05, 3.63) is 36.9 Å². The lowest BCUT2D eigenvalue weighted by Crippen LogP contribution is -2.44. The lowest BCUT2D eigenvalue weighted by molar-refractivity contribution is -0.117. The van der Waals surface area contributed by atoms with Crippen LogP contribution in [-0.2, 0) is 11.3 Å². The van der Waals surface area contributed by atoms with E-state index in [-0.39, 0.29) is 17.7 Å². The van der Waals surface area contributed by atoms with Crippen LogP contribution >= 0.6 is 11.8 Å². The normalized spacial score (nSPS) is 13.8. The first-order valence-corrected chi connectivity index (χ1v) is 10.5. The van der Waals surface area contributed by atoms with Crippen LogP contribution in [-0.4, -0.2) is 45.6 Å². The lowest BCUT2D eigenvalue weighted by Gasteiger charge is -2.12. The highest BCUT2D eigenvalue weighted by Gasteiger charge is 2.19. The third-order valence-electron chi connectivity index (χ3n) is 4.65. The second-order valence-corrected chi connectivity index (χ2v) is 7.67. The van der Waals surface area contributed by atoms with Crippen molar-refractivity contribution in [1.82, 2.24) is 25.4 Å². The van der Waals surface area contributed by atoms with E-state index in [1.54, 1.807) is 13.2 Å². The molecule has 0 bridgehead atoms. The van der Waals surface area contributed by atoms with Crippen LogP contribution in [0.5, 0.6) is 5.75 Å². The number of nitrogens with zero attached hydrogens (tertiary/aromatic N) is 3. The predicted octanol–water partition coefficient (Wildman–Crippen LogP) is 3.00. The first kappa shape index (κ1) is 20.9. The number of carbonyl (C=O) groups excluding carboxylic acids is 2. The number of aromatic nitrogens is 3. The molecule has 8 nitrogen and oxygen atoms in total. The predicted molar refractivity (Wildman–Crippen MR) is 112 cm³/mol. The topological polar surface area (TPSA) is 98.1 Å². The smallest absolute Gasteiger partial charge is 0.321 e. The van der Waals surface area contributed by atoms with Gasteiger partial charge in [-0.05, 0) is 37.1 Å². The van der Waals surface area contributed by atoms with Gasteiger partial charge in [0.05, 0.1) is 12.9 Å². The van der Waals surface area contributed by atoms with Gasteiger partial charge in [-0.25, -0.2) is 4.79 Å². The molecule has 1 aliphatic rings. The largest absolute Gasteiger partial charge is 0.497 e. The Hall–Kier alpha value is -2.81. The summed E-state index contributed by atoms with van der Waals surface area (Å²) in [5.74, 6) is 1.13. The van der Waals surface area contributed by atoms with Crippen molar-refractivity contribution in [2.24, 2.45) is 0 Å². The van der Waals surface area contributed by atoms with Gasteiger partial charge in [-0.15, -0.1) is 16.8 Å². The number of thioether (sulfide) groups is 1. The Morgan fingerprint density at radius 3 is 2.66 bits per heavy atom. The fourth-order valence-electron chi connectivity index (χ4n) is 3.23. The zero-order chi connectivity index (χ0) is 20.6. The Bertz CT molecular complexity index is 860. The van der Waals surface area contributed by atoms with Crippen LogP contribution in [0.1, 0.15) is 25.7 Å². The van der Waals surface area contributed by atoms with Gasteiger partial charge in [-0.3, -0.25) is 14.7 Å². The van der Waals surface area contributed by atoms with Gasteiger partial charge in [0.2, 0.25) is 5.91 Å². The number of nitrogens with one attached hydrogen (secondary N) is 2. The zero-order valence-corrected chi connectivity index (χ0v) is 17.2. The molecule has 0 spiro atoms. The molecular weight excluding hydrogens is 390 g/mol. The highest BCUT2D eigenvalue weighted by molar-refractivity contribution is 7.99. The van der Waals surface area contributed by atoms with Crippen LogP contribution in [0.15, 0.2) is 42.1 Å². The number of carbonyl (C=O) groups is 2. The minimum atomic E-state index is -0.436. The summed E-state index contributed by atoms with van der Waals surface area (Å²) in [4.78, 5) is 24.1. The van der Waals surface area contributed by atoms with E-state index in [2.05, 4.69) is 27.4 Å². The molecule has 1 aliphatic carbocycles. The number of ether oxygens (including phenoxy) is 1. The third kappa shape index (κ3) is 5.60. The molecule has 2 N–H and O–H groups in total. The van der Waals surface area contributed by atoms with Gasteiger partial charge >= 0.3 is 6.03 Å². The summed E-state index contributed by atoms with van der Waals surface area (Å²) in [5, 5.41) is 14.3. The summed E-state index contributed by atoms with van der Waals surface area (Å²) < 4.78 is 7.07. The van der Waals surface area contributed by atoms with Gasteiger partial charge in [0.25, 0.3) is 0 Å². The highest BCUT2D eigenvalue weighted by atomic mass is 32.2. The summed E-state index contributed by atoms with van der Waals surface area (Å²) in [6, 6.07) is 7.23. The monoisotopic (exact) mass is 415 g/mol. The maximum atomic E-state index is 12.1. The van der Waals surface area contributed by atoms with Crippen molar-refractivity contribution >= 4 is 23.7 Å². The molecule has 29 heavy (non-hydrogen) atoms. The van der Waals surface area contributed by atoms with E-state index in [1.165, 1.54) is 11.8 Å². The molecule has 0 saturated heterocycles. The van der Waals surface area contributed by atoms with E-state index in [0.717, 1.165) is 37.0 Å². The van der Waals surface area contributed by atoms with Gasteiger partial charge in [-0.1, -0.05) is 30.7 Å². The number of urea groups is 1. The van der Waals surface area contributed by atoms with E-state index in [1.807, 2.05) is 28.8 Å². The molecule has 0 aliphatic heterocycles. The molecule has 1 aromatic carbocycles.